The zero-order valence-electron chi connectivity index (χ0n) is 8.17. The average Bonchev–Trinajstić information content (AvgIpc) is 2.14. The third-order valence-electron chi connectivity index (χ3n) is 1.98. The summed E-state index contributed by atoms with van der Waals surface area (Å²) in [6.45, 7) is 2.27. The number of halogens is 1. The van der Waals surface area contributed by atoms with E-state index in [1.54, 1.807) is 0 Å². The van der Waals surface area contributed by atoms with Gasteiger partial charge >= 0.3 is 81.4 Å². The minimum absolute atomic E-state index is 0. The van der Waals surface area contributed by atoms with Crippen LogP contribution in [-0.2, 0) is 5.28 Å². The van der Waals surface area contributed by atoms with Crippen molar-refractivity contribution < 1.29 is 4.70 Å². The summed E-state index contributed by atoms with van der Waals surface area (Å²) in [5.74, 6) is 0. The summed E-state index contributed by atoms with van der Waals surface area (Å²) in [4.78, 5) is 0. The molecule has 13 heavy (non-hydrogen) atoms. The maximum Gasteiger partial charge on any atom is -1.00 e. The minimum atomic E-state index is 0. The molecule has 0 atom stereocenters. The molecule has 0 aliphatic heterocycles. The molecule has 0 saturated heterocycles. The molecular formula is C11H16AlF. The van der Waals surface area contributed by atoms with E-state index in [0.717, 1.165) is 0 Å². The number of hydrogen-bond acceptors (Lipinski definition) is 0. The summed E-state index contributed by atoms with van der Waals surface area (Å²) in [6.07, 6.45) is 2.77. The number of rotatable bonds is 5. The van der Waals surface area contributed by atoms with Crippen LogP contribution in [0, 0.1) is 0 Å². The molecule has 0 radical (unpaired) electrons. The molecule has 0 saturated carbocycles. The van der Waals surface area contributed by atoms with Gasteiger partial charge in [-0.1, -0.05) is 0 Å². The average molecular weight is 194 g/mol. The fourth-order valence-electron chi connectivity index (χ4n) is 1.23. The van der Waals surface area contributed by atoms with E-state index in [1.165, 1.54) is 29.0 Å². The molecule has 70 valence electrons. The summed E-state index contributed by atoms with van der Waals surface area (Å²) in [5, 5.41) is 2.80. The van der Waals surface area contributed by atoms with Crippen molar-refractivity contribution in [1.29, 1.82) is 0 Å². The molecule has 0 aliphatic carbocycles. The Bertz CT molecular complexity index is 199. The van der Waals surface area contributed by atoms with Crippen LogP contribution in [0.4, 0.5) is 0 Å². The van der Waals surface area contributed by atoms with Crippen LogP contribution < -0.4 is 4.70 Å². The molecule has 1 aromatic carbocycles. The Morgan fingerprint density at radius 3 is 2.46 bits per heavy atom. The van der Waals surface area contributed by atoms with E-state index in [1.807, 2.05) is 0 Å². The third-order valence-corrected chi connectivity index (χ3v) is 3.56. The normalized spacial score (nSPS) is 8.69. The van der Waals surface area contributed by atoms with Crippen LogP contribution in [-0.4, -0.2) is 15.2 Å². The standard InChI is InChI=1S/C7H7.C4H9.Al.FH/c1-7-5-3-2-4-6-7;1-3-4-2;;/h2-6H,1H2;1,3-4H2,2H3;;1H/q;;+1;/p-1. The van der Waals surface area contributed by atoms with E-state index in [4.69, 9.17) is 0 Å². The minimum Gasteiger partial charge on any atom is -1.00 e. The number of unbranched alkanes of at least 4 members (excludes halogenated alkanes) is 1. The summed E-state index contributed by atoms with van der Waals surface area (Å²) >= 11 is 0.659. The largest absolute Gasteiger partial charge is 1.00 e. The maximum atomic E-state index is 2.27. The molecule has 0 bridgehead atoms. The smallest absolute Gasteiger partial charge is 1.00 e. The van der Waals surface area contributed by atoms with Crippen molar-refractivity contribution in [3.05, 3.63) is 35.9 Å². The van der Waals surface area contributed by atoms with Crippen LogP contribution in [0.25, 0.3) is 0 Å². The van der Waals surface area contributed by atoms with Gasteiger partial charge in [-0.2, -0.15) is 0 Å². The first-order valence-corrected chi connectivity index (χ1v) is 6.42. The number of benzene rings is 1. The van der Waals surface area contributed by atoms with Gasteiger partial charge in [-0.15, -0.1) is 0 Å². The summed E-state index contributed by atoms with van der Waals surface area (Å²) in [5.41, 5.74) is 1.52. The van der Waals surface area contributed by atoms with Gasteiger partial charge in [0.1, 0.15) is 0 Å². The third kappa shape index (κ3) is 5.85. The van der Waals surface area contributed by atoms with E-state index >= 15 is 0 Å². The fraction of sp³-hybridized carbons (Fsp3) is 0.455. The van der Waals surface area contributed by atoms with E-state index in [-0.39, 0.29) is 4.70 Å². The van der Waals surface area contributed by atoms with E-state index in [9.17, 15) is 0 Å². The Morgan fingerprint density at radius 1 is 1.15 bits per heavy atom. The Kier molecular flexibility index (Phi) is 8.09. The molecule has 0 nitrogen and oxygen atoms in total. The van der Waals surface area contributed by atoms with Crippen molar-refractivity contribution >= 4 is 15.2 Å². The van der Waals surface area contributed by atoms with Crippen molar-refractivity contribution in [3.8, 4) is 0 Å². The van der Waals surface area contributed by atoms with Gasteiger partial charge in [-0.3, -0.25) is 0 Å². The first kappa shape index (κ1) is 12.7. The molecule has 0 heterocycles. The Hall–Kier alpha value is -0.318. The fourth-order valence-corrected chi connectivity index (χ4v) is 2.74. The van der Waals surface area contributed by atoms with Gasteiger partial charge in [0.05, 0.1) is 0 Å². The van der Waals surface area contributed by atoms with Gasteiger partial charge in [0.15, 0.2) is 0 Å². The molecule has 0 unspecified atom stereocenters. The summed E-state index contributed by atoms with van der Waals surface area (Å²) in [6, 6.07) is 10.8. The van der Waals surface area contributed by atoms with Gasteiger partial charge in [0, 0.05) is 0 Å². The SMILES string of the molecule is CCC[CH2][Al+][CH2]c1ccccc1.[F-]. The predicted molar refractivity (Wildman–Crippen MR) is 55.6 cm³/mol. The Morgan fingerprint density at radius 2 is 1.85 bits per heavy atom. The quantitative estimate of drug-likeness (QED) is 0.461. The summed E-state index contributed by atoms with van der Waals surface area (Å²) < 4.78 is 0. The van der Waals surface area contributed by atoms with E-state index in [0.29, 0.717) is 15.2 Å². The first-order chi connectivity index (χ1) is 5.93. The molecular weight excluding hydrogens is 178 g/mol. The van der Waals surface area contributed by atoms with Gasteiger partial charge in [0.2, 0.25) is 0 Å². The van der Waals surface area contributed by atoms with Gasteiger partial charge in [-0.05, 0) is 0 Å². The molecule has 0 amide bonds. The van der Waals surface area contributed by atoms with Gasteiger partial charge < -0.3 is 4.70 Å². The topological polar surface area (TPSA) is 0 Å². The van der Waals surface area contributed by atoms with Crippen molar-refractivity contribution in [2.24, 2.45) is 0 Å². The maximum absolute atomic E-state index is 2.27. The molecule has 0 N–H and O–H groups in total. The second kappa shape index (κ2) is 8.29. The van der Waals surface area contributed by atoms with E-state index in [2.05, 4.69) is 37.3 Å². The van der Waals surface area contributed by atoms with Crippen LogP contribution in [0.3, 0.4) is 0 Å². The second-order valence-electron chi connectivity index (χ2n) is 3.12. The van der Waals surface area contributed by atoms with Crippen molar-refractivity contribution in [2.75, 3.05) is 0 Å². The molecule has 0 aliphatic rings. The molecule has 0 fully saturated rings. The van der Waals surface area contributed by atoms with Crippen LogP contribution in [0.5, 0.6) is 0 Å². The van der Waals surface area contributed by atoms with Crippen molar-refractivity contribution in [3.63, 3.8) is 0 Å². The second-order valence-corrected chi connectivity index (χ2v) is 4.68. The molecule has 1 rings (SSSR count). The van der Waals surface area contributed by atoms with Crippen molar-refractivity contribution in [1.82, 2.24) is 0 Å². The van der Waals surface area contributed by atoms with Gasteiger partial charge in [0.25, 0.3) is 0 Å². The molecule has 1 aromatic rings. The van der Waals surface area contributed by atoms with Gasteiger partial charge in [-0.25, -0.2) is 0 Å². The summed E-state index contributed by atoms with van der Waals surface area (Å²) in [7, 11) is 0. The van der Waals surface area contributed by atoms with Crippen LogP contribution in [0.1, 0.15) is 25.3 Å². The Balaban J connectivity index is 0.00000144. The monoisotopic (exact) mass is 194 g/mol. The zero-order valence-corrected chi connectivity index (χ0v) is 9.33. The molecule has 0 aromatic heterocycles. The molecule has 0 spiro atoms. The predicted octanol–water partition coefficient (Wildman–Crippen LogP) is 0.113. The zero-order chi connectivity index (χ0) is 8.65. The van der Waals surface area contributed by atoms with Crippen LogP contribution in [0.15, 0.2) is 30.3 Å². The first-order valence-electron chi connectivity index (χ1n) is 4.79. The Labute approximate surface area is 86.4 Å². The van der Waals surface area contributed by atoms with Crippen molar-refractivity contribution in [2.45, 2.75) is 30.3 Å². The number of hydrogen-bond donors (Lipinski definition) is 0. The van der Waals surface area contributed by atoms with E-state index < -0.39 is 0 Å². The van der Waals surface area contributed by atoms with Crippen LogP contribution in [0.2, 0.25) is 5.28 Å². The molecule has 2 heteroatoms. The van der Waals surface area contributed by atoms with Crippen LogP contribution >= 0.6 is 0 Å².